The Balaban J connectivity index is 1.64. The second-order valence-electron chi connectivity index (χ2n) is 5.94. The van der Waals surface area contributed by atoms with E-state index in [1.165, 1.54) is 10.8 Å². The highest BCUT2D eigenvalue weighted by molar-refractivity contribution is 5.88. The van der Waals surface area contributed by atoms with Crippen LogP contribution in [-0.4, -0.2) is 21.9 Å². The summed E-state index contributed by atoms with van der Waals surface area (Å²) in [6, 6.07) is 25.1. The third-order valence-electron chi connectivity index (χ3n) is 4.25. The number of hydrogen-bond donors (Lipinski definition) is 1. The lowest BCUT2D eigenvalue weighted by molar-refractivity contribution is 0.0697. The average molecular weight is 340 g/mol. The van der Waals surface area contributed by atoms with E-state index in [9.17, 15) is 4.79 Å². The van der Waals surface area contributed by atoms with Gasteiger partial charge < -0.3 is 9.67 Å². The van der Waals surface area contributed by atoms with Crippen LogP contribution in [0.1, 0.15) is 16.1 Å². The molecule has 0 bridgehead atoms. The number of carbonyl (C=O) groups is 1. The Kier molecular flexibility index (Phi) is 4.07. The molecule has 1 N–H and O–H groups in total. The topological polar surface area (TPSA) is 54.6 Å². The number of nitrogens with zero attached hydrogens (tertiary/aromatic N) is 2. The zero-order valence-electron chi connectivity index (χ0n) is 13.9. The molecular formula is C22H16N2O2. The van der Waals surface area contributed by atoms with E-state index in [1.807, 2.05) is 30.5 Å². The summed E-state index contributed by atoms with van der Waals surface area (Å²) >= 11 is 0. The van der Waals surface area contributed by atoms with E-state index < -0.39 is 5.97 Å². The van der Waals surface area contributed by atoms with Gasteiger partial charge in [-0.3, -0.25) is 4.99 Å². The minimum Gasteiger partial charge on any atom is -0.478 e. The summed E-state index contributed by atoms with van der Waals surface area (Å²) in [5.74, 6) is -0.939. The molecule has 26 heavy (non-hydrogen) atoms. The number of hydrogen-bond acceptors (Lipinski definition) is 2. The van der Waals surface area contributed by atoms with Gasteiger partial charge in [-0.15, -0.1) is 0 Å². The Bertz CT molecular complexity index is 1110. The zero-order valence-corrected chi connectivity index (χ0v) is 13.9. The lowest BCUT2D eigenvalue weighted by Crippen LogP contribution is -1.97. The molecule has 3 aromatic carbocycles. The predicted octanol–water partition coefficient (Wildman–Crippen LogP) is 5.08. The first kappa shape index (κ1) is 15.8. The maximum atomic E-state index is 10.9. The first-order valence-corrected chi connectivity index (χ1v) is 8.25. The fourth-order valence-electron chi connectivity index (χ4n) is 2.89. The molecule has 0 fully saturated rings. The second-order valence-corrected chi connectivity index (χ2v) is 5.94. The number of rotatable bonds is 4. The van der Waals surface area contributed by atoms with Crippen LogP contribution in [0, 0.1) is 0 Å². The van der Waals surface area contributed by atoms with Crippen LogP contribution in [0.3, 0.4) is 0 Å². The molecule has 4 rings (SSSR count). The summed E-state index contributed by atoms with van der Waals surface area (Å²) in [6.07, 6.45) is 3.78. The van der Waals surface area contributed by atoms with E-state index >= 15 is 0 Å². The smallest absolute Gasteiger partial charge is 0.335 e. The predicted molar refractivity (Wildman–Crippen MR) is 104 cm³/mol. The van der Waals surface area contributed by atoms with Gasteiger partial charge in [0, 0.05) is 11.9 Å². The number of carboxylic acids is 1. The van der Waals surface area contributed by atoms with Gasteiger partial charge in [-0.2, -0.15) is 0 Å². The molecule has 0 atom stereocenters. The van der Waals surface area contributed by atoms with Crippen molar-refractivity contribution in [3.63, 3.8) is 0 Å². The Labute approximate surface area is 150 Å². The maximum absolute atomic E-state index is 10.9. The highest BCUT2D eigenvalue weighted by Crippen LogP contribution is 2.20. The van der Waals surface area contributed by atoms with Crippen LogP contribution >= 0.6 is 0 Å². The lowest BCUT2D eigenvalue weighted by atomic mass is 10.1. The summed E-state index contributed by atoms with van der Waals surface area (Å²) in [5, 5.41) is 11.3. The van der Waals surface area contributed by atoms with Crippen LogP contribution < -0.4 is 0 Å². The first-order chi connectivity index (χ1) is 12.7. The average Bonchev–Trinajstić information content (AvgIpc) is 3.15. The van der Waals surface area contributed by atoms with Crippen LogP contribution in [0.2, 0.25) is 0 Å². The molecule has 4 nitrogen and oxygen atoms in total. The Morgan fingerprint density at radius 2 is 1.65 bits per heavy atom. The quantitative estimate of drug-likeness (QED) is 0.527. The van der Waals surface area contributed by atoms with Crippen molar-refractivity contribution in [2.24, 2.45) is 4.99 Å². The fourth-order valence-corrected chi connectivity index (χ4v) is 2.89. The normalized spacial score (nSPS) is 11.2. The van der Waals surface area contributed by atoms with Gasteiger partial charge in [-0.25, -0.2) is 4.79 Å². The van der Waals surface area contributed by atoms with Gasteiger partial charge in [-0.1, -0.05) is 30.3 Å². The Morgan fingerprint density at radius 3 is 2.42 bits per heavy atom. The number of aliphatic imine (C=N–C) groups is 1. The molecular weight excluding hydrogens is 324 g/mol. The molecule has 0 saturated carbocycles. The van der Waals surface area contributed by atoms with Crippen molar-refractivity contribution in [1.82, 2.24) is 4.57 Å². The van der Waals surface area contributed by atoms with Crippen molar-refractivity contribution in [3.05, 3.63) is 96.3 Å². The maximum Gasteiger partial charge on any atom is 0.335 e. The van der Waals surface area contributed by atoms with Crippen molar-refractivity contribution in [1.29, 1.82) is 0 Å². The molecule has 0 unspecified atom stereocenters. The minimum atomic E-state index is -0.939. The molecule has 1 heterocycles. The lowest BCUT2D eigenvalue weighted by Gasteiger charge is -2.08. The highest BCUT2D eigenvalue weighted by atomic mass is 16.4. The van der Waals surface area contributed by atoms with Crippen molar-refractivity contribution in [2.75, 3.05) is 0 Å². The van der Waals surface area contributed by atoms with Gasteiger partial charge in [0.2, 0.25) is 0 Å². The van der Waals surface area contributed by atoms with Gasteiger partial charge in [-0.05, 0) is 59.3 Å². The van der Waals surface area contributed by atoms with Gasteiger partial charge in [0.15, 0.2) is 0 Å². The van der Waals surface area contributed by atoms with Gasteiger partial charge in [0.05, 0.1) is 23.2 Å². The largest absolute Gasteiger partial charge is 0.478 e. The molecule has 4 heteroatoms. The number of fused-ring (bicyclic) bond motifs is 1. The SMILES string of the molecule is O=C(O)c1ccc(N=Cc2cccn2-c2ccc3ccccc3c2)cc1. The van der Waals surface area contributed by atoms with E-state index in [2.05, 4.69) is 39.9 Å². The summed E-state index contributed by atoms with van der Waals surface area (Å²) in [7, 11) is 0. The molecule has 0 spiro atoms. The summed E-state index contributed by atoms with van der Waals surface area (Å²) in [5.41, 5.74) is 2.98. The van der Waals surface area contributed by atoms with Crippen molar-refractivity contribution in [3.8, 4) is 5.69 Å². The van der Waals surface area contributed by atoms with Gasteiger partial charge in [0.1, 0.15) is 0 Å². The fraction of sp³-hybridized carbons (Fsp3) is 0. The van der Waals surface area contributed by atoms with Crippen LogP contribution in [0.5, 0.6) is 0 Å². The molecule has 0 aliphatic rings. The molecule has 0 amide bonds. The first-order valence-electron chi connectivity index (χ1n) is 8.25. The van der Waals surface area contributed by atoms with E-state index in [1.54, 1.807) is 30.5 Å². The van der Waals surface area contributed by atoms with Crippen LogP contribution in [-0.2, 0) is 0 Å². The highest BCUT2D eigenvalue weighted by Gasteiger charge is 2.04. The number of carboxylic acid groups (broad SMARTS) is 1. The number of aromatic nitrogens is 1. The van der Waals surface area contributed by atoms with Gasteiger partial charge >= 0.3 is 5.97 Å². The number of aromatic carboxylic acids is 1. The minimum absolute atomic E-state index is 0.253. The van der Waals surface area contributed by atoms with Crippen LogP contribution in [0.25, 0.3) is 16.5 Å². The summed E-state index contributed by atoms with van der Waals surface area (Å²) in [6.45, 7) is 0. The van der Waals surface area contributed by atoms with E-state index in [0.29, 0.717) is 5.69 Å². The standard InChI is InChI=1S/C22H16N2O2/c25-22(26)17-7-10-19(11-8-17)23-15-21-6-3-13-24(21)20-12-9-16-4-1-2-5-18(16)14-20/h1-15H,(H,25,26). The van der Waals surface area contributed by atoms with Gasteiger partial charge in [0.25, 0.3) is 0 Å². The third-order valence-corrected chi connectivity index (χ3v) is 4.25. The van der Waals surface area contributed by atoms with Crippen LogP contribution in [0.4, 0.5) is 5.69 Å². The van der Waals surface area contributed by atoms with E-state index in [4.69, 9.17) is 5.11 Å². The molecule has 126 valence electrons. The molecule has 1 aromatic heterocycles. The molecule has 0 aliphatic heterocycles. The van der Waals surface area contributed by atoms with Crippen molar-refractivity contribution < 1.29 is 9.90 Å². The summed E-state index contributed by atoms with van der Waals surface area (Å²) < 4.78 is 2.07. The third kappa shape index (κ3) is 3.13. The zero-order chi connectivity index (χ0) is 17.9. The molecule has 0 radical (unpaired) electrons. The monoisotopic (exact) mass is 340 g/mol. The van der Waals surface area contributed by atoms with Crippen molar-refractivity contribution in [2.45, 2.75) is 0 Å². The molecule has 0 saturated heterocycles. The molecule has 4 aromatic rings. The van der Waals surface area contributed by atoms with E-state index in [-0.39, 0.29) is 5.56 Å². The second kappa shape index (κ2) is 6.69. The number of benzene rings is 3. The molecule has 0 aliphatic carbocycles. The Morgan fingerprint density at radius 1 is 0.885 bits per heavy atom. The van der Waals surface area contributed by atoms with Crippen LogP contribution in [0.15, 0.2) is 90.1 Å². The summed E-state index contributed by atoms with van der Waals surface area (Å²) in [4.78, 5) is 15.4. The van der Waals surface area contributed by atoms with E-state index in [0.717, 1.165) is 11.4 Å². The Hall–Kier alpha value is -3.66. The van der Waals surface area contributed by atoms with Crippen molar-refractivity contribution >= 4 is 28.6 Å².